The van der Waals surface area contributed by atoms with Gasteiger partial charge in [-0.3, -0.25) is 4.79 Å². The number of rotatable bonds is 5. The summed E-state index contributed by atoms with van der Waals surface area (Å²) < 4.78 is 5.12. The van der Waals surface area contributed by atoms with Crippen LogP contribution in [0.5, 0.6) is 5.75 Å². The van der Waals surface area contributed by atoms with Gasteiger partial charge in [-0.15, -0.1) is 0 Å². The van der Waals surface area contributed by atoms with Gasteiger partial charge in [-0.1, -0.05) is 24.3 Å². The van der Waals surface area contributed by atoms with Crippen LogP contribution >= 0.6 is 0 Å². The number of aliphatic hydroxyl groups is 1. The molecule has 0 aromatic heterocycles. The normalized spacial score (nSPS) is 10.6. The van der Waals surface area contributed by atoms with E-state index in [2.05, 4.69) is 5.32 Å². The summed E-state index contributed by atoms with van der Waals surface area (Å²) in [5.74, 6) is 0.534. The molecule has 0 saturated carbocycles. The molecule has 0 aliphatic heterocycles. The van der Waals surface area contributed by atoms with Gasteiger partial charge in [0, 0.05) is 11.8 Å². The van der Waals surface area contributed by atoms with Gasteiger partial charge in [0.25, 0.3) is 0 Å². The van der Waals surface area contributed by atoms with Crippen molar-refractivity contribution in [1.82, 2.24) is 0 Å². The molecule has 4 heteroatoms. The molecule has 0 saturated heterocycles. The third kappa shape index (κ3) is 4.47. The predicted octanol–water partition coefficient (Wildman–Crippen LogP) is 2.84. The number of carbonyl (C=O) groups excluding carboxylic acids is 1. The fourth-order valence-corrected chi connectivity index (χ4v) is 1.79. The maximum Gasteiger partial charge on any atom is 0.248 e. The fourth-order valence-electron chi connectivity index (χ4n) is 1.79. The summed E-state index contributed by atoms with van der Waals surface area (Å²) in [6, 6.07) is 14.5. The smallest absolute Gasteiger partial charge is 0.248 e. The lowest BCUT2D eigenvalue weighted by atomic mass is 10.2. The second kappa shape index (κ2) is 7.26. The lowest BCUT2D eigenvalue weighted by Gasteiger charge is -2.03. The Bertz CT molecular complexity index is 633. The van der Waals surface area contributed by atoms with E-state index in [0.29, 0.717) is 5.69 Å². The highest BCUT2D eigenvalue weighted by Crippen LogP contribution is 2.14. The molecule has 4 nitrogen and oxygen atoms in total. The van der Waals surface area contributed by atoms with Gasteiger partial charge in [0.1, 0.15) is 5.75 Å². The molecule has 0 bridgehead atoms. The van der Waals surface area contributed by atoms with Crippen molar-refractivity contribution < 1.29 is 14.6 Å². The average Bonchev–Trinajstić information content (AvgIpc) is 2.54. The van der Waals surface area contributed by atoms with Crippen LogP contribution in [0, 0.1) is 0 Å². The van der Waals surface area contributed by atoms with E-state index in [1.54, 1.807) is 37.5 Å². The third-order valence-corrected chi connectivity index (χ3v) is 2.92. The lowest BCUT2D eigenvalue weighted by molar-refractivity contribution is -0.111. The van der Waals surface area contributed by atoms with Crippen molar-refractivity contribution in [3.8, 4) is 5.75 Å². The molecule has 0 atom stereocenters. The number of anilines is 1. The first-order valence-electron chi connectivity index (χ1n) is 6.54. The van der Waals surface area contributed by atoms with Crippen LogP contribution in [0.1, 0.15) is 11.1 Å². The molecule has 1 amide bonds. The molecule has 2 N–H and O–H groups in total. The highest BCUT2D eigenvalue weighted by Gasteiger charge is 1.98. The number of benzene rings is 2. The van der Waals surface area contributed by atoms with Crippen molar-refractivity contribution in [1.29, 1.82) is 0 Å². The number of methoxy groups -OCH3 is 1. The van der Waals surface area contributed by atoms with Crippen molar-refractivity contribution in [3.05, 3.63) is 65.7 Å². The van der Waals surface area contributed by atoms with Gasteiger partial charge in [0.15, 0.2) is 0 Å². The third-order valence-electron chi connectivity index (χ3n) is 2.92. The standard InChI is InChI=1S/C17H17NO3/c1-21-16-4-2-3-13(11-16)7-10-17(20)18-15-8-5-14(12-19)6-9-15/h2-11,19H,12H2,1H3,(H,18,20). The van der Waals surface area contributed by atoms with Gasteiger partial charge < -0.3 is 15.2 Å². The first-order chi connectivity index (χ1) is 10.2. The summed E-state index contributed by atoms with van der Waals surface area (Å²) in [6.07, 6.45) is 3.19. The van der Waals surface area contributed by atoms with Gasteiger partial charge >= 0.3 is 0 Å². The summed E-state index contributed by atoms with van der Waals surface area (Å²) in [4.78, 5) is 11.8. The van der Waals surface area contributed by atoms with Crippen LogP contribution in [0.3, 0.4) is 0 Å². The van der Waals surface area contributed by atoms with E-state index in [1.165, 1.54) is 6.08 Å². The minimum atomic E-state index is -0.213. The van der Waals surface area contributed by atoms with Gasteiger partial charge in [-0.05, 0) is 41.5 Å². The zero-order valence-corrected chi connectivity index (χ0v) is 11.7. The van der Waals surface area contributed by atoms with Crippen molar-refractivity contribution >= 4 is 17.7 Å². The Labute approximate surface area is 123 Å². The van der Waals surface area contributed by atoms with E-state index in [4.69, 9.17) is 9.84 Å². The summed E-state index contributed by atoms with van der Waals surface area (Å²) in [5, 5.41) is 11.7. The van der Waals surface area contributed by atoms with Crippen LogP contribution in [0.25, 0.3) is 6.08 Å². The number of ether oxygens (including phenoxy) is 1. The number of aliphatic hydroxyl groups excluding tert-OH is 1. The number of nitrogens with one attached hydrogen (secondary N) is 1. The molecule has 0 unspecified atom stereocenters. The second-order valence-corrected chi connectivity index (χ2v) is 4.45. The SMILES string of the molecule is COc1cccc(C=CC(=O)Nc2ccc(CO)cc2)c1. The maximum absolute atomic E-state index is 11.8. The molecule has 0 spiro atoms. The zero-order chi connectivity index (χ0) is 15.1. The Morgan fingerprint density at radius 2 is 2.00 bits per heavy atom. The highest BCUT2D eigenvalue weighted by atomic mass is 16.5. The minimum absolute atomic E-state index is 0.00995. The molecule has 0 radical (unpaired) electrons. The Balaban J connectivity index is 1.98. The van der Waals surface area contributed by atoms with Crippen LogP contribution in [0.15, 0.2) is 54.6 Å². The monoisotopic (exact) mass is 283 g/mol. The fraction of sp³-hybridized carbons (Fsp3) is 0.118. The first kappa shape index (κ1) is 14.8. The van der Waals surface area contributed by atoms with Crippen molar-refractivity contribution in [2.75, 3.05) is 12.4 Å². The lowest BCUT2D eigenvalue weighted by Crippen LogP contribution is -2.07. The Hall–Kier alpha value is -2.59. The summed E-state index contributed by atoms with van der Waals surface area (Å²) in [7, 11) is 1.60. The molecule has 2 aromatic carbocycles. The first-order valence-corrected chi connectivity index (χ1v) is 6.54. The topological polar surface area (TPSA) is 58.6 Å². The predicted molar refractivity (Wildman–Crippen MR) is 83.0 cm³/mol. The summed E-state index contributed by atoms with van der Waals surface area (Å²) in [5.41, 5.74) is 2.38. The van der Waals surface area contributed by atoms with E-state index in [9.17, 15) is 4.79 Å². The average molecular weight is 283 g/mol. The van der Waals surface area contributed by atoms with Crippen molar-refractivity contribution in [2.24, 2.45) is 0 Å². The quantitative estimate of drug-likeness (QED) is 0.830. The van der Waals surface area contributed by atoms with E-state index >= 15 is 0 Å². The largest absolute Gasteiger partial charge is 0.497 e. The molecule has 0 aliphatic carbocycles. The van der Waals surface area contributed by atoms with E-state index in [0.717, 1.165) is 16.9 Å². The van der Waals surface area contributed by atoms with Gasteiger partial charge in [0.2, 0.25) is 5.91 Å². The molecule has 2 aromatic rings. The second-order valence-electron chi connectivity index (χ2n) is 4.45. The van der Waals surface area contributed by atoms with Crippen LogP contribution in [-0.4, -0.2) is 18.1 Å². The Morgan fingerprint density at radius 3 is 2.67 bits per heavy atom. The number of hydrogen-bond donors (Lipinski definition) is 2. The van der Waals surface area contributed by atoms with Crippen LogP contribution in [-0.2, 0) is 11.4 Å². The van der Waals surface area contributed by atoms with E-state index < -0.39 is 0 Å². The van der Waals surface area contributed by atoms with Crippen LogP contribution < -0.4 is 10.1 Å². The minimum Gasteiger partial charge on any atom is -0.497 e. The molecule has 0 heterocycles. The molecular weight excluding hydrogens is 266 g/mol. The highest BCUT2D eigenvalue weighted by molar-refractivity contribution is 6.01. The number of hydrogen-bond acceptors (Lipinski definition) is 3. The Morgan fingerprint density at radius 1 is 1.24 bits per heavy atom. The molecule has 0 fully saturated rings. The van der Waals surface area contributed by atoms with Crippen molar-refractivity contribution in [3.63, 3.8) is 0 Å². The number of carbonyl (C=O) groups is 1. The van der Waals surface area contributed by atoms with Gasteiger partial charge in [-0.2, -0.15) is 0 Å². The molecular formula is C17H17NO3. The van der Waals surface area contributed by atoms with Gasteiger partial charge in [0.05, 0.1) is 13.7 Å². The van der Waals surface area contributed by atoms with E-state index in [1.807, 2.05) is 24.3 Å². The Kier molecular flexibility index (Phi) is 5.12. The maximum atomic E-state index is 11.8. The zero-order valence-electron chi connectivity index (χ0n) is 11.7. The van der Waals surface area contributed by atoms with Crippen LogP contribution in [0.2, 0.25) is 0 Å². The summed E-state index contributed by atoms with van der Waals surface area (Å²) in [6.45, 7) is -0.00995. The van der Waals surface area contributed by atoms with E-state index in [-0.39, 0.29) is 12.5 Å². The molecule has 21 heavy (non-hydrogen) atoms. The molecule has 108 valence electrons. The van der Waals surface area contributed by atoms with Crippen molar-refractivity contribution in [2.45, 2.75) is 6.61 Å². The van der Waals surface area contributed by atoms with Gasteiger partial charge in [-0.25, -0.2) is 0 Å². The van der Waals surface area contributed by atoms with Crippen LogP contribution in [0.4, 0.5) is 5.69 Å². The molecule has 0 aliphatic rings. The molecule has 2 rings (SSSR count). The number of amides is 1. The summed E-state index contributed by atoms with van der Waals surface area (Å²) >= 11 is 0.